The molecule has 244 valence electrons. The maximum atomic E-state index is 13.4. The van der Waals surface area contributed by atoms with Crippen LogP contribution in [0.3, 0.4) is 0 Å². The van der Waals surface area contributed by atoms with Crippen LogP contribution in [0.25, 0.3) is 0 Å². The van der Waals surface area contributed by atoms with Crippen molar-refractivity contribution >= 4 is 17.9 Å². The molecular weight excluding hydrogens is 534 g/mol. The first-order valence-corrected chi connectivity index (χ1v) is 16.5. The molecular formula is C33H61N3O6. The molecule has 3 amide bonds. The Morgan fingerprint density at radius 3 is 2.26 bits per heavy atom. The zero-order valence-corrected chi connectivity index (χ0v) is 27.9. The highest BCUT2D eigenvalue weighted by atomic mass is 16.7. The van der Waals surface area contributed by atoms with E-state index in [4.69, 9.17) is 14.2 Å². The minimum absolute atomic E-state index is 0.0119. The lowest BCUT2D eigenvalue weighted by molar-refractivity contribution is -0.304. The highest BCUT2D eigenvalue weighted by Gasteiger charge is 2.45. The third-order valence-corrected chi connectivity index (χ3v) is 8.05. The molecule has 42 heavy (non-hydrogen) atoms. The topological polar surface area (TPSA) is 106 Å². The van der Waals surface area contributed by atoms with Crippen molar-refractivity contribution in [2.75, 3.05) is 26.2 Å². The third kappa shape index (κ3) is 13.2. The second kappa shape index (κ2) is 16.8. The van der Waals surface area contributed by atoms with Crippen LogP contribution >= 0.6 is 0 Å². The van der Waals surface area contributed by atoms with Gasteiger partial charge in [0.15, 0.2) is 5.79 Å². The van der Waals surface area contributed by atoms with E-state index in [0.29, 0.717) is 13.2 Å². The predicted molar refractivity (Wildman–Crippen MR) is 166 cm³/mol. The Morgan fingerprint density at radius 2 is 1.60 bits per heavy atom. The maximum Gasteiger partial charge on any atom is 0.317 e. The van der Waals surface area contributed by atoms with Crippen molar-refractivity contribution in [2.24, 2.45) is 10.8 Å². The van der Waals surface area contributed by atoms with Gasteiger partial charge in [-0.3, -0.25) is 9.59 Å². The number of carbonyl (C=O) groups is 3. The third-order valence-electron chi connectivity index (χ3n) is 8.05. The fourth-order valence-electron chi connectivity index (χ4n) is 5.67. The summed E-state index contributed by atoms with van der Waals surface area (Å²) in [5.74, 6) is -1.47. The van der Waals surface area contributed by atoms with Crippen molar-refractivity contribution < 1.29 is 28.6 Å². The van der Waals surface area contributed by atoms with Crippen LogP contribution in [0, 0.1) is 10.8 Å². The number of carbonyl (C=O) groups excluding carboxylic acids is 3. The zero-order valence-electron chi connectivity index (χ0n) is 27.9. The second-order valence-electron chi connectivity index (χ2n) is 14.7. The first kappa shape index (κ1) is 36.3. The van der Waals surface area contributed by atoms with Crippen LogP contribution in [0.4, 0.5) is 4.79 Å². The van der Waals surface area contributed by atoms with E-state index in [1.165, 1.54) is 32.1 Å². The number of esters is 1. The smallest absolute Gasteiger partial charge is 0.317 e. The summed E-state index contributed by atoms with van der Waals surface area (Å²) in [7, 11) is 0. The molecule has 1 heterocycles. The van der Waals surface area contributed by atoms with E-state index in [-0.39, 0.29) is 48.4 Å². The number of unbranched alkanes of at least 4 members (excludes halogenated alkanes) is 6. The Kier molecular flexibility index (Phi) is 14.6. The van der Waals surface area contributed by atoms with E-state index in [9.17, 15) is 14.4 Å². The molecule has 0 unspecified atom stereocenters. The Labute approximate surface area is 255 Å². The van der Waals surface area contributed by atoms with Gasteiger partial charge in [0.1, 0.15) is 12.2 Å². The first-order valence-electron chi connectivity index (χ1n) is 16.5. The average molecular weight is 596 g/mol. The van der Waals surface area contributed by atoms with Gasteiger partial charge < -0.3 is 29.7 Å². The molecule has 1 saturated heterocycles. The van der Waals surface area contributed by atoms with Gasteiger partial charge in [0.25, 0.3) is 0 Å². The minimum Gasteiger partial charge on any atom is -0.460 e. The SMILES string of the molecule is CCCCCCCCCN(CC(C)(C)C)C(=O)N[C@@H]1CCCC[C@H]1OC(=O)CCNC(=O)[C@@H]1OC(C)(C)OCC1(C)C. The van der Waals surface area contributed by atoms with Crippen LogP contribution in [0.1, 0.15) is 132 Å². The fourth-order valence-corrected chi connectivity index (χ4v) is 5.67. The van der Waals surface area contributed by atoms with Gasteiger partial charge in [0.2, 0.25) is 5.91 Å². The molecule has 9 heteroatoms. The molecule has 1 aliphatic heterocycles. The minimum atomic E-state index is -0.840. The van der Waals surface area contributed by atoms with Crippen molar-refractivity contribution in [2.45, 2.75) is 156 Å². The van der Waals surface area contributed by atoms with E-state index in [0.717, 1.165) is 45.1 Å². The van der Waals surface area contributed by atoms with Crippen LogP contribution in [0.2, 0.25) is 0 Å². The van der Waals surface area contributed by atoms with E-state index >= 15 is 0 Å². The van der Waals surface area contributed by atoms with Gasteiger partial charge in [0, 0.05) is 25.0 Å². The molecule has 1 saturated carbocycles. The lowest BCUT2D eigenvalue weighted by atomic mass is 9.85. The van der Waals surface area contributed by atoms with Crippen molar-refractivity contribution in [1.82, 2.24) is 15.5 Å². The summed E-state index contributed by atoms with van der Waals surface area (Å²) in [4.78, 5) is 41.0. The molecule has 2 rings (SSSR count). The molecule has 0 radical (unpaired) electrons. The molecule has 0 aromatic rings. The van der Waals surface area contributed by atoms with Gasteiger partial charge >= 0.3 is 12.0 Å². The summed E-state index contributed by atoms with van der Waals surface area (Å²) in [6, 6.07) is -0.280. The summed E-state index contributed by atoms with van der Waals surface area (Å²) in [5, 5.41) is 6.05. The highest BCUT2D eigenvalue weighted by Crippen LogP contribution is 2.35. The van der Waals surface area contributed by atoms with Gasteiger partial charge in [-0.15, -0.1) is 0 Å². The van der Waals surface area contributed by atoms with E-state index in [1.807, 2.05) is 18.7 Å². The van der Waals surface area contributed by atoms with Gasteiger partial charge in [-0.25, -0.2) is 4.79 Å². The Bertz CT molecular complexity index is 853. The van der Waals surface area contributed by atoms with Crippen LogP contribution in [-0.2, 0) is 23.8 Å². The van der Waals surface area contributed by atoms with E-state index < -0.39 is 17.3 Å². The quantitative estimate of drug-likeness (QED) is 0.169. The number of hydrogen-bond acceptors (Lipinski definition) is 6. The van der Waals surface area contributed by atoms with E-state index in [2.05, 4.69) is 38.3 Å². The summed E-state index contributed by atoms with van der Waals surface area (Å²) < 4.78 is 17.4. The molecule has 1 aliphatic carbocycles. The van der Waals surface area contributed by atoms with Gasteiger partial charge in [-0.2, -0.15) is 0 Å². The summed E-state index contributed by atoms with van der Waals surface area (Å²) in [5.41, 5.74) is -0.495. The summed E-state index contributed by atoms with van der Waals surface area (Å²) >= 11 is 0. The second-order valence-corrected chi connectivity index (χ2v) is 14.7. The molecule has 2 N–H and O–H groups in total. The Balaban J connectivity index is 1.85. The largest absolute Gasteiger partial charge is 0.460 e. The lowest BCUT2D eigenvalue weighted by Crippen LogP contribution is -2.56. The highest BCUT2D eigenvalue weighted by molar-refractivity contribution is 5.82. The fraction of sp³-hybridized carbons (Fsp3) is 0.909. The molecule has 0 bridgehead atoms. The summed E-state index contributed by atoms with van der Waals surface area (Å²) in [6.07, 6.45) is 10.9. The zero-order chi connectivity index (χ0) is 31.4. The van der Waals surface area contributed by atoms with Crippen LogP contribution in [0.5, 0.6) is 0 Å². The van der Waals surface area contributed by atoms with Crippen molar-refractivity contribution in [3.8, 4) is 0 Å². The van der Waals surface area contributed by atoms with E-state index in [1.54, 1.807) is 13.8 Å². The number of amides is 3. The first-order chi connectivity index (χ1) is 19.6. The van der Waals surface area contributed by atoms with Crippen molar-refractivity contribution in [3.63, 3.8) is 0 Å². The Hall–Kier alpha value is -1.87. The number of ether oxygens (including phenoxy) is 3. The molecule has 0 spiro atoms. The molecule has 9 nitrogen and oxygen atoms in total. The number of nitrogens with one attached hydrogen (secondary N) is 2. The molecule has 3 atom stereocenters. The Morgan fingerprint density at radius 1 is 0.952 bits per heavy atom. The van der Waals surface area contributed by atoms with Crippen LogP contribution < -0.4 is 10.6 Å². The standard InChI is InChI=1S/C33H61N3O6/c1-9-10-11-12-13-14-17-22-36(23-31(2,3)4)30(39)35-25-18-15-16-19-26(25)41-27(37)20-21-34-29(38)28-32(5,6)24-40-33(7,8)42-28/h25-26,28H,9-24H2,1-8H3,(H,34,38)(H,35,39)/t25-,26-,28+/m1/s1. The maximum absolute atomic E-state index is 13.4. The normalized spacial score (nSPS) is 23.6. The molecule has 0 aromatic heterocycles. The van der Waals surface area contributed by atoms with Crippen LogP contribution in [-0.4, -0.2) is 73.1 Å². The average Bonchev–Trinajstić information content (AvgIpc) is 2.89. The lowest BCUT2D eigenvalue weighted by Gasteiger charge is -2.44. The predicted octanol–water partition coefficient (Wildman–Crippen LogP) is 6.33. The molecule has 2 fully saturated rings. The van der Waals surface area contributed by atoms with Gasteiger partial charge in [-0.05, 0) is 44.9 Å². The molecule has 2 aliphatic rings. The van der Waals surface area contributed by atoms with Gasteiger partial charge in [0.05, 0.1) is 19.1 Å². The summed E-state index contributed by atoms with van der Waals surface area (Å²) in [6.45, 7) is 18.1. The monoisotopic (exact) mass is 595 g/mol. The van der Waals surface area contributed by atoms with Crippen molar-refractivity contribution in [1.29, 1.82) is 0 Å². The van der Waals surface area contributed by atoms with Crippen LogP contribution in [0.15, 0.2) is 0 Å². The number of urea groups is 1. The number of nitrogens with zero attached hydrogens (tertiary/aromatic N) is 1. The number of hydrogen-bond donors (Lipinski definition) is 2. The number of rotatable bonds is 15. The van der Waals surface area contributed by atoms with Crippen molar-refractivity contribution in [3.05, 3.63) is 0 Å². The molecule has 0 aromatic carbocycles. The van der Waals surface area contributed by atoms with Gasteiger partial charge in [-0.1, -0.05) is 86.5 Å².